The van der Waals surface area contributed by atoms with E-state index in [0.717, 1.165) is 24.2 Å². The number of aliphatic imine (C=N–C) groups is 1. The monoisotopic (exact) mass is 425 g/mol. The van der Waals surface area contributed by atoms with Crippen molar-refractivity contribution in [1.82, 2.24) is 20.4 Å². The highest BCUT2D eigenvalue weighted by atomic mass is 16.5. The van der Waals surface area contributed by atoms with Crippen molar-refractivity contribution >= 4 is 11.6 Å². The lowest BCUT2D eigenvalue weighted by molar-refractivity contribution is 0.254. The van der Waals surface area contributed by atoms with E-state index in [9.17, 15) is 0 Å². The molecule has 0 amide bonds. The minimum Gasteiger partial charge on any atom is -0.493 e. The molecule has 1 aliphatic carbocycles. The summed E-state index contributed by atoms with van der Waals surface area (Å²) in [4.78, 5) is 6.95. The molecule has 3 aliphatic rings. The molecule has 1 saturated heterocycles. The normalized spacial score (nSPS) is 23.2. The molecule has 1 aromatic heterocycles. The van der Waals surface area contributed by atoms with E-state index in [1.54, 1.807) is 7.11 Å². The van der Waals surface area contributed by atoms with Crippen LogP contribution in [0.2, 0.25) is 0 Å². The lowest BCUT2D eigenvalue weighted by Crippen LogP contribution is -2.57. The zero-order chi connectivity index (χ0) is 21.4. The van der Waals surface area contributed by atoms with Gasteiger partial charge in [-0.1, -0.05) is 0 Å². The molecule has 2 aliphatic heterocycles. The van der Waals surface area contributed by atoms with Crippen LogP contribution in [0.4, 0.5) is 5.69 Å². The Balaban J connectivity index is 1.38. The molecule has 0 bridgehead atoms. The van der Waals surface area contributed by atoms with Crippen molar-refractivity contribution in [3.8, 4) is 11.5 Å². The van der Waals surface area contributed by atoms with E-state index in [2.05, 4.69) is 25.4 Å². The summed E-state index contributed by atoms with van der Waals surface area (Å²) in [6, 6.07) is 5.75. The van der Waals surface area contributed by atoms with Gasteiger partial charge < -0.3 is 25.4 Å². The van der Waals surface area contributed by atoms with E-state index >= 15 is 0 Å². The lowest BCUT2D eigenvalue weighted by atomic mass is 9.92. The summed E-state index contributed by atoms with van der Waals surface area (Å²) >= 11 is 0. The van der Waals surface area contributed by atoms with Crippen LogP contribution in [0.5, 0.6) is 11.5 Å². The van der Waals surface area contributed by atoms with Crippen molar-refractivity contribution in [2.45, 2.75) is 43.7 Å². The van der Waals surface area contributed by atoms with E-state index in [1.165, 1.54) is 38.8 Å². The Kier molecular flexibility index (Phi) is 5.23. The topological polar surface area (TPSA) is 127 Å². The van der Waals surface area contributed by atoms with Crippen LogP contribution in [-0.4, -0.2) is 54.4 Å². The van der Waals surface area contributed by atoms with Crippen LogP contribution < -0.4 is 26.3 Å². The first kappa shape index (κ1) is 20.1. The molecule has 9 heteroatoms. The predicted octanol–water partition coefficient (Wildman–Crippen LogP) is 1.87. The summed E-state index contributed by atoms with van der Waals surface area (Å²) in [5.41, 5.74) is 15.0. The highest BCUT2D eigenvalue weighted by Crippen LogP contribution is 2.44. The number of likely N-dealkylation sites (tertiary alicyclic amines) is 1. The largest absolute Gasteiger partial charge is 0.493 e. The number of ether oxygens (including phenoxy) is 2. The molecule has 5 rings (SSSR count). The Morgan fingerprint density at radius 2 is 2.00 bits per heavy atom. The van der Waals surface area contributed by atoms with E-state index in [4.69, 9.17) is 20.9 Å². The Morgan fingerprint density at radius 3 is 2.74 bits per heavy atom. The number of nitrogens with one attached hydrogen (secondary N) is 2. The molecule has 0 spiro atoms. The van der Waals surface area contributed by atoms with E-state index < -0.39 is 5.66 Å². The van der Waals surface area contributed by atoms with Gasteiger partial charge in [0.2, 0.25) is 0 Å². The fourth-order valence-corrected chi connectivity index (χ4v) is 4.48. The number of H-pyrrole nitrogens is 1. The van der Waals surface area contributed by atoms with Gasteiger partial charge in [0.15, 0.2) is 23.1 Å². The first-order valence-electron chi connectivity index (χ1n) is 11.1. The standard InChI is InChI=1S/C22H31N7O2/c1-30-18-11-15-17(12-19(18)31-10-4-9-29-7-2-3-8-29)25-21(23)26-22(15,24)20-13-16(27-28-20)14-5-6-14/h11-14H,2-10,24H2,1H3,(H,27,28)(H3,23,25,26). The third kappa shape index (κ3) is 3.95. The van der Waals surface area contributed by atoms with Crippen LogP contribution >= 0.6 is 0 Å². The molecule has 2 fully saturated rings. The summed E-state index contributed by atoms with van der Waals surface area (Å²) in [6.07, 6.45) is 5.92. The van der Waals surface area contributed by atoms with Crippen LogP contribution in [-0.2, 0) is 5.66 Å². The first-order chi connectivity index (χ1) is 15.1. The molecule has 1 saturated carbocycles. The molecule has 1 atom stereocenters. The zero-order valence-electron chi connectivity index (χ0n) is 18.0. The van der Waals surface area contributed by atoms with Crippen molar-refractivity contribution in [3.05, 3.63) is 35.2 Å². The van der Waals surface area contributed by atoms with Gasteiger partial charge in [-0.3, -0.25) is 10.8 Å². The van der Waals surface area contributed by atoms with Gasteiger partial charge in [0, 0.05) is 29.8 Å². The molecule has 1 aromatic carbocycles. The van der Waals surface area contributed by atoms with Gasteiger partial charge in [-0.2, -0.15) is 5.10 Å². The molecule has 2 aromatic rings. The fraction of sp³-hybridized carbons (Fsp3) is 0.545. The second kappa shape index (κ2) is 8.05. The number of benzene rings is 1. The summed E-state index contributed by atoms with van der Waals surface area (Å²) in [5, 5.41) is 10.7. The molecule has 1 unspecified atom stereocenters. The molecule has 3 heterocycles. The Hall–Kier alpha value is -2.78. The lowest BCUT2D eigenvalue weighted by Gasteiger charge is -2.34. The second-order valence-electron chi connectivity index (χ2n) is 8.68. The van der Waals surface area contributed by atoms with Crippen LogP contribution in [0, 0.1) is 0 Å². The SMILES string of the molecule is COc1cc2c(cc1OCCCN1CCCC1)N=C(N)NC2(N)c1cc(C2CC2)[nH]n1. The first-order valence-corrected chi connectivity index (χ1v) is 11.1. The van der Waals surface area contributed by atoms with Gasteiger partial charge >= 0.3 is 0 Å². The molecular weight excluding hydrogens is 394 g/mol. The van der Waals surface area contributed by atoms with Crippen LogP contribution in [0.25, 0.3) is 0 Å². The van der Waals surface area contributed by atoms with Gasteiger partial charge in [0.1, 0.15) is 5.69 Å². The van der Waals surface area contributed by atoms with E-state index in [-0.39, 0.29) is 5.96 Å². The molecular formula is C22H31N7O2. The number of guanidine groups is 1. The number of hydrogen-bond donors (Lipinski definition) is 4. The Bertz CT molecular complexity index is 978. The summed E-state index contributed by atoms with van der Waals surface area (Å²) < 4.78 is 11.7. The Labute approximate surface area is 182 Å². The van der Waals surface area contributed by atoms with Crippen LogP contribution in [0.3, 0.4) is 0 Å². The minimum atomic E-state index is -1.10. The van der Waals surface area contributed by atoms with E-state index in [1.807, 2.05) is 18.2 Å². The van der Waals surface area contributed by atoms with Gasteiger partial charge in [-0.05, 0) is 57.3 Å². The smallest absolute Gasteiger partial charge is 0.195 e. The van der Waals surface area contributed by atoms with Crippen molar-refractivity contribution < 1.29 is 9.47 Å². The molecule has 9 nitrogen and oxygen atoms in total. The minimum absolute atomic E-state index is 0.246. The number of aromatic amines is 1. The average molecular weight is 426 g/mol. The Morgan fingerprint density at radius 1 is 1.19 bits per heavy atom. The maximum absolute atomic E-state index is 6.83. The number of nitrogens with zero attached hydrogens (tertiary/aromatic N) is 3. The van der Waals surface area contributed by atoms with Gasteiger partial charge in [0.25, 0.3) is 0 Å². The molecule has 166 valence electrons. The number of rotatable bonds is 8. The van der Waals surface area contributed by atoms with Crippen LogP contribution in [0.15, 0.2) is 23.2 Å². The predicted molar refractivity (Wildman–Crippen MR) is 119 cm³/mol. The van der Waals surface area contributed by atoms with Crippen molar-refractivity contribution in [3.63, 3.8) is 0 Å². The summed E-state index contributed by atoms with van der Waals surface area (Å²) in [7, 11) is 1.63. The third-order valence-corrected chi connectivity index (χ3v) is 6.37. The van der Waals surface area contributed by atoms with Crippen molar-refractivity contribution in [1.29, 1.82) is 0 Å². The van der Waals surface area contributed by atoms with Gasteiger partial charge in [-0.25, -0.2) is 4.99 Å². The highest BCUT2D eigenvalue weighted by Gasteiger charge is 2.40. The molecule has 6 N–H and O–H groups in total. The molecule has 0 radical (unpaired) electrons. The van der Waals surface area contributed by atoms with Gasteiger partial charge in [0.05, 0.1) is 19.4 Å². The number of methoxy groups -OCH3 is 1. The van der Waals surface area contributed by atoms with E-state index in [0.29, 0.717) is 35.4 Å². The van der Waals surface area contributed by atoms with Crippen LogP contribution in [0.1, 0.15) is 55.0 Å². The average Bonchev–Trinajstić information content (AvgIpc) is 3.25. The number of nitrogens with two attached hydrogens (primary N) is 2. The fourth-order valence-electron chi connectivity index (χ4n) is 4.48. The quantitative estimate of drug-likeness (QED) is 0.476. The zero-order valence-corrected chi connectivity index (χ0v) is 18.0. The second-order valence-corrected chi connectivity index (χ2v) is 8.68. The highest BCUT2D eigenvalue weighted by molar-refractivity contribution is 5.86. The maximum Gasteiger partial charge on any atom is 0.195 e. The number of hydrogen-bond acceptors (Lipinski definition) is 8. The van der Waals surface area contributed by atoms with Crippen molar-refractivity contribution in [2.24, 2.45) is 16.5 Å². The van der Waals surface area contributed by atoms with Gasteiger partial charge in [-0.15, -0.1) is 0 Å². The third-order valence-electron chi connectivity index (χ3n) is 6.37. The number of fused-ring (bicyclic) bond motifs is 1. The maximum atomic E-state index is 6.83. The van der Waals surface area contributed by atoms with Crippen molar-refractivity contribution in [2.75, 3.05) is 33.4 Å². The molecule has 31 heavy (non-hydrogen) atoms. The summed E-state index contributed by atoms with van der Waals surface area (Å²) in [5.74, 6) is 2.05. The number of aromatic nitrogens is 2. The summed E-state index contributed by atoms with van der Waals surface area (Å²) in [6.45, 7) is 4.05.